The second kappa shape index (κ2) is 12.8. The molecule has 2 amide bonds. The van der Waals surface area contributed by atoms with Gasteiger partial charge >= 0.3 is 0 Å². The normalized spacial score (nSPS) is 24.9. The Kier molecular flexibility index (Phi) is 9.54. The van der Waals surface area contributed by atoms with Gasteiger partial charge in [0.2, 0.25) is 11.8 Å². The number of nitrogens with zero attached hydrogens (tertiary/aromatic N) is 4. The lowest BCUT2D eigenvalue weighted by molar-refractivity contribution is -0.135. The summed E-state index contributed by atoms with van der Waals surface area (Å²) in [6.45, 7) is 15.6. The molecule has 3 aliphatic heterocycles. The van der Waals surface area contributed by atoms with Gasteiger partial charge in [0.15, 0.2) is 0 Å². The monoisotopic (exact) mass is 485 g/mol. The minimum Gasteiger partial charge on any atom is -0.379 e. The van der Waals surface area contributed by atoms with Crippen molar-refractivity contribution in [2.24, 2.45) is 11.8 Å². The van der Waals surface area contributed by atoms with Gasteiger partial charge in [0.25, 0.3) is 0 Å². The standard InChI is InChI=1S/C27H43N5O3/c1-22-15-23(2)18-32(17-22)27(34)21-30-9-7-29(8-10-30)20-26(33)28-16-24-3-5-25(6-4-24)19-31-11-13-35-14-12-31/h3-6,22-23H,7-21H2,1-2H3,(H,28,33)/t22-,23-/m1/s1. The van der Waals surface area contributed by atoms with E-state index in [0.29, 0.717) is 31.5 Å². The van der Waals surface area contributed by atoms with Crippen LogP contribution >= 0.6 is 0 Å². The first-order valence-corrected chi connectivity index (χ1v) is 13.3. The molecule has 2 atom stereocenters. The van der Waals surface area contributed by atoms with Gasteiger partial charge in [0, 0.05) is 65.4 Å². The average Bonchev–Trinajstić information content (AvgIpc) is 2.85. The van der Waals surface area contributed by atoms with Crippen LogP contribution in [-0.4, -0.2) is 110 Å². The third kappa shape index (κ3) is 8.27. The minimum absolute atomic E-state index is 0.0585. The Morgan fingerprint density at radius 3 is 2.03 bits per heavy atom. The lowest BCUT2D eigenvalue weighted by Crippen LogP contribution is -2.53. The predicted molar refractivity (Wildman–Crippen MR) is 137 cm³/mol. The van der Waals surface area contributed by atoms with Gasteiger partial charge in [0.05, 0.1) is 26.3 Å². The fraction of sp³-hybridized carbons (Fsp3) is 0.704. The molecule has 0 aromatic heterocycles. The fourth-order valence-electron chi connectivity index (χ4n) is 5.50. The van der Waals surface area contributed by atoms with Crippen LogP contribution in [-0.2, 0) is 27.4 Å². The Morgan fingerprint density at radius 2 is 1.40 bits per heavy atom. The van der Waals surface area contributed by atoms with Crippen LogP contribution in [0.25, 0.3) is 0 Å². The first-order chi connectivity index (χ1) is 16.9. The molecule has 1 N–H and O–H groups in total. The van der Waals surface area contributed by atoms with Crippen LogP contribution in [0.5, 0.6) is 0 Å². The highest BCUT2D eigenvalue weighted by Crippen LogP contribution is 2.21. The fourth-order valence-corrected chi connectivity index (χ4v) is 5.50. The van der Waals surface area contributed by atoms with E-state index in [9.17, 15) is 9.59 Å². The summed E-state index contributed by atoms with van der Waals surface area (Å²) in [7, 11) is 0. The van der Waals surface area contributed by atoms with Crippen LogP contribution in [0.2, 0.25) is 0 Å². The Labute approximate surface area is 210 Å². The molecule has 4 rings (SSSR count). The quantitative estimate of drug-likeness (QED) is 0.598. The first kappa shape index (κ1) is 26.1. The van der Waals surface area contributed by atoms with E-state index in [1.165, 1.54) is 12.0 Å². The summed E-state index contributed by atoms with van der Waals surface area (Å²) >= 11 is 0. The number of ether oxygens (including phenoxy) is 1. The van der Waals surface area contributed by atoms with Crippen molar-refractivity contribution in [1.29, 1.82) is 0 Å². The number of likely N-dealkylation sites (tertiary alicyclic amines) is 1. The van der Waals surface area contributed by atoms with Crippen molar-refractivity contribution in [3.05, 3.63) is 35.4 Å². The van der Waals surface area contributed by atoms with Gasteiger partial charge < -0.3 is 15.0 Å². The van der Waals surface area contributed by atoms with E-state index in [1.54, 1.807) is 0 Å². The third-order valence-electron chi connectivity index (χ3n) is 7.44. The van der Waals surface area contributed by atoms with Crippen LogP contribution in [0.1, 0.15) is 31.4 Å². The molecule has 3 aliphatic rings. The van der Waals surface area contributed by atoms with E-state index >= 15 is 0 Å². The van der Waals surface area contributed by atoms with Crippen molar-refractivity contribution in [3.8, 4) is 0 Å². The molecule has 0 unspecified atom stereocenters. The summed E-state index contributed by atoms with van der Waals surface area (Å²) < 4.78 is 5.41. The summed E-state index contributed by atoms with van der Waals surface area (Å²) in [4.78, 5) is 34.1. The largest absolute Gasteiger partial charge is 0.379 e. The van der Waals surface area contributed by atoms with Gasteiger partial charge in [-0.15, -0.1) is 0 Å². The van der Waals surface area contributed by atoms with E-state index < -0.39 is 0 Å². The molecule has 8 heteroatoms. The molecule has 3 heterocycles. The second-order valence-electron chi connectivity index (χ2n) is 10.8. The molecule has 0 aliphatic carbocycles. The number of morpholine rings is 1. The molecule has 0 saturated carbocycles. The number of carbonyl (C=O) groups is 2. The van der Waals surface area contributed by atoms with Crippen LogP contribution < -0.4 is 5.32 Å². The number of amides is 2. The summed E-state index contributed by atoms with van der Waals surface area (Å²) in [5.41, 5.74) is 2.41. The lowest BCUT2D eigenvalue weighted by atomic mass is 9.92. The molecule has 0 bridgehead atoms. The van der Waals surface area contributed by atoms with Crippen LogP contribution in [0.3, 0.4) is 0 Å². The molecule has 3 fully saturated rings. The maximum atomic E-state index is 12.8. The summed E-state index contributed by atoms with van der Waals surface area (Å²) in [5.74, 6) is 1.49. The Balaban J connectivity index is 1.11. The molecule has 194 valence electrons. The lowest BCUT2D eigenvalue weighted by Gasteiger charge is -2.38. The summed E-state index contributed by atoms with van der Waals surface area (Å²) in [6.07, 6.45) is 1.21. The number of hydrogen-bond acceptors (Lipinski definition) is 6. The van der Waals surface area contributed by atoms with Crippen molar-refractivity contribution in [2.75, 3.05) is 78.7 Å². The average molecular weight is 486 g/mol. The number of rotatable bonds is 8. The smallest absolute Gasteiger partial charge is 0.236 e. The van der Waals surface area contributed by atoms with Crippen molar-refractivity contribution < 1.29 is 14.3 Å². The number of piperazine rings is 1. The highest BCUT2D eigenvalue weighted by atomic mass is 16.5. The zero-order chi connectivity index (χ0) is 24.6. The Hall–Kier alpha value is -2.00. The Bertz CT molecular complexity index is 809. The second-order valence-corrected chi connectivity index (χ2v) is 10.8. The third-order valence-corrected chi connectivity index (χ3v) is 7.44. The molecular formula is C27H43N5O3. The SMILES string of the molecule is C[C@@H]1C[C@@H](C)CN(C(=O)CN2CCN(CC(=O)NCc3ccc(CN4CCOCC4)cc3)CC2)C1. The summed E-state index contributed by atoms with van der Waals surface area (Å²) in [5, 5.41) is 3.06. The van der Waals surface area contributed by atoms with Crippen molar-refractivity contribution >= 4 is 11.8 Å². The number of benzene rings is 1. The van der Waals surface area contributed by atoms with Crippen LogP contribution in [0.15, 0.2) is 24.3 Å². The molecule has 0 spiro atoms. The van der Waals surface area contributed by atoms with Gasteiger partial charge in [-0.1, -0.05) is 38.1 Å². The number of piperidine rings is 1. The molecule has 0 radical (unpaired) electrons. The van der Waals surface area contributed by atoms with E-state index in [0.717, 1.165) is 77.7 Å². The van der Waals surface area contributed by atoms with Gasteiger partial charge in [-0.2, -0.15) is 0 Å². The zero-order valence-corrected chi connectivity index (χ0v) is 21.6. The first-order valence-electron chi connectivity index (χ1n) is 13.3. The van der Waals surface area contributed by atoms with Crippen molar-refractivity contribution in [1.82, 2.24) is 24.9 Å². The minimum atomic E-state index is 0.0585. The molecule has 8 nitrogen and oxygen atoms in total. The topological polar surface area (TPSA) is 68.4 Å². The molecule has 35 heavy (non-hydrogen) atoms. The van der Waals surface area contributed by atoms with Gasteiger partial charge in [0.1, 0.15) is 0 Å². The van der Waals surface area contributed by atoms with Gasteiger partial charge in [-0.05, 0) is 29.4 Å². The van der Waals surface area contributed by atoms with Crippen LogP contribution in [0, 0.1) is 11.8 Å². The highest BCUT2D eigenvalue weighted by molar-refractivity contribution is 5.79. The Morgan fingerprint density at radius 1 is 0.829 bits per heavy atom. The maximum absolute atomic E-state index is 12.8. The number of hydrogen-bond donors (Lipinski definition) is 1. The van der Waals surface area contributed by atoms with Crippen LogP contribution in [0.4, 0.5) is 0 Å². The summed E-state index contributed by atoms with van der Waals surface area (Å²) in [6, 6.07) is 8.52. The molecule has 1 aromatic rings. The highest BCUT2D eigenvalue weighted by Gasteiger charge is 2.27. The van der Waals surface area contributed by atoms with E-state index in [2.05, 4.69) is 58.1 Å². The number of carbonyl (C=O) groups excluding carboxylic acids is 2. The zero-order valence-electron chi connectivity index (χ0n) is 21.6. The van der Waals surface area contributed by atoms with Gasteiger partial charge in [-0.3, -0.25) is 24.3 Å². The number of nitrogens with one attached hydrogen (secondary N) is 1. The van der Waals surface area contributed by atoms with E-state index in [-0.39, 0.29) is 11.8 Å². The predicted octanol–water partition coefficient (Wildman–Crippen LogP) is 1.26. The van der Waals surface area contributed by atoms with Crippen molar-refractivity contribution in [2.45, 2.75) is 33.4 Å². The molecule has 3 saturated heterocycles. The van der Waals surface area contributed by atoms with Crippen molar-refractivity contribution in [3.63, 3.8) is 0 Å². The maximum Gasteiger partial charge on any atom is 0.236 e. The van der Waals surface area contributed by atoms with E-state index in [4.69, 9.17) is 4.74 Å². The molecular weight excluding hydrogens is 442 g/mol. The van der Waals surface area contributed by atoms with Gasteiger partial charge in [-0.25, -0.2) is 0 Å². The van der Waals surface area contributed by atoms with E-state index in [1.807, 2.05) is 4.90 Å². The molecule has 1 aromatic carbocycles.